The molecular weight excluding hydrogens is 176 g/mol. The zero-order chi connectivity index (χ0) is 11.2. The number of epoxide rings is 1. The number of rotatable bonds is 3. The van der Waals surface area contributed by atoms with E-state index in [-0.39, 0.29) is 10.8 Å². The van der Waals surface area contributed by atoms with Crippen LogP contribution in [0.3, 0.4) is 0 Å². The lowest BCUT2D eigenvalue weighted by Gasteiger charge is -2.41. The Hall–Kier alpha value is -0.0800. The molecule has 84 valence electrons. The summed E-state index contributed by atoms with van der Waals surface area (Å²) in [5.74, 6) is -0.441. The summed E-state index contributed by atoms with van der Waals surface area (Å²) in [4.78, 5) is 0. The highest BCUT2D eigenvalue weighted by atomic mass is 16.7. The topological polar surface area (TPSA) is 32.8 Å². The minimum Gasteiger partial charge on any atom is -0.363 e. The predicted octanol–water partition coefficient (Wildman–Crippen LogP) is 2.80. The van der Waals surface area contributed by atoms with Gasteiger partial charge in [0.2, 0.25) is 0 Å². The Morgan fingerprint density at radius 1 is 1.29 bits per heavy atom. The molecule has 0 aromatic heterocycles. The SMILES string of the molecule is CC(C)C(C)(CC(C)(C)C)C1(O)CO1. The van der Waals surface area contributed by atoms with Crippen molar-refractivity contribution in [3.05, 3.63) is 0 Å². The molecule has 0 aromatic rings. The van der Waals surface area contributed by atoms with Gasteiger partial charge >= 0.3 is 0 Å². The van der Waals surface area contributed by atoms with Gasteiger partial charge in [-0.05, 0) is 17.8 Å². The summed E-state index contributed by atoms with van der Waals surface area (Å²) in [5.41, 5.74) is 0.0892. The van der Waals surface area contributed by atoms with Crippen molar-refractivity contribution >= 4 is 0 Å². The first-order chi connectivity index (χ1) is 6.11. The highest BCUT2D eigenvalue weighted by Crippen LogP contribution is 2.53. The van der Waals surface area contributed by atoms with Crippen LogP contribution in [-0.4, -0.2) is 17.5 Å². The van der Waals surface area contributed by atoms with Crippen molar-refractivity contribution in [1.82, 2.24) is 0 Å². The van der Waals surface area contributed by atoms with Gasteiger partial charge in [0.05, 0.1) is 0 Å². The molecule has 1 saturated heterocycles. The van der Waals surface area contributed by atoms with Crippen LogP contribution in [0.25, 0.3) is 0 Å². The summed E-state index contributed by atoms with van der Waals surface area (Å²) in [5, 5.41) is 10.2. The zero-order valence-corrected chi connectivity index (χ0v) is 10.3. The molecule has 2 unspecified atom stereocenters. The summed E-state index contributed by atoms with van der Waals surface area (Å²) in [6.07, 6.45) is 0.980. The van der Waals surface area contributed by atoms with Gasteiger partial charge in [-0.3, -0.25) is 0 Å². The first-order valence-electron chi connectivity index (χ1n) is 5.47. The van der Waals surface area contributed by atoms with Gasteiger partial charge in [-0.1, -0.05) is 41.5 Å². The Bertz CT molecular complexity index is 211. The largest absolute Gasteiger partial charge is 0.363 e. The molecule has 1 fully saturated rings. The monoisotopic (exact) mass is 200 g/mol. The lowest BCUT2D eigenvalue weighted by Crippen LogP contribution is -2.43. The van der Waals surface area contributed by atoms with Gasteiger partial charge in [-0.15, -0.1) is 0 Å². The quantitative estimate of drug-likeness (QED) is 0.711. The molecule has 0 amide bonds. The van der Waals surface area contributed by atoms with Crippen molar-refractivity contribution in [1.29, 1.82) is 0 Å². The van der Waals surface area contributed by atoms with E-state index in [1.807, 2.05) is 0 Å². The third-order valence-electron chi connectivity index (χ3n) is 3.48. The fraction of sp³-hybridized carbons (Fsp3) is 1.00. The van der Waals surface area contributed by atoms with Gasteiger partial charge in [0, 0.05) is 5.41 Å². The van der Waals surface area contributed by atoms with Crippen molar-refractivity contribution < 1.29 is 9.84 Å². The lowest BCUT2D eigenvalue weighted by atomic mass is 9.65. The first kappa shape index (κ1) is 12.0. The third-order valence-corrected chi connectivity index (χ3v) is 3.48. The summed E-state index contributed by atoms with van der Waals surface area (Å²) in [6, 6.07) is 0. The highest BCUT2D eigenvalue weighted by molar-refractivity contribution is 5.00. The molecule has 2 atom stereocenters. The van der Waals surface area contributed by atoms with Crippen molar-refractivity contribution in [2.24, 2.45) is 16.7 Å². The van der Waals surface area contributed by atoms with Crippen LogP contribution in [0.1, 0.15) is 48.0 Å². The van der Waals surface area contributed by atoms with E-state index in [9.17, 15) is 5.11 Å². The molecule has 1 N–H and O–H groups in total. The van der Waals surface area contributed by atoms with Crippen LogP contribution in [0.4, 0.5) is 0 Å². The Balaban J connectivity index is 2.83. The molecule has 2 nitrogen and oxygen atoms in total. The van der Waals surface area contributed by atoms with E-state index in [0.29, 0.717) is 12.5 Å². The summed E-state index contributed by atoms with van der Waals surface area (Å²) in [6.45, 7) is 13.6. The van der Waals surface area contributed by atoms with Crippen molar-refractivity contribution in [3.8, 4) is 0 Å². The van der Waals surface area contributed by atoms with Gasteiger partial charge in [0.25, 0.3) is 0 Å². The molecule has 1 aliphatic rings. The summed E-state index contributed by atoms with van der Waals surface area (Å²) in [7, 11) is 0. The van der Waals surface area contributed by atoms with Crippen molar-refractivity contribution in [2.45, 2.75) is 53.8 Å². The second-order valence-corrected chi connectivity index (χ2v) is 6.38. The standard InChI is InChI=1S/C12H24O2/c1-9(2)11(6,7-10(3,4)5)12(13)8-14-12/h9,13H,7-8H2,1-6H3. The molecule has 14 heavy (non-hydrogen) atoms. The molecule has 0 aliphatic carbocycles. The summed E-state index contributed by atoms with van der Waals surface area (Å²) >= 11 is 0. The Morgan fingerprint density at radius 3 is 1.93 bits per heavy atom. The minimum atomic E-state index is -0.867. The molecule has 0 aromatic carbocycles. The maximum absolute atomic E-state index is 10.2. The van der Waals surface area contributed by atoms with E-state index >= 15 is 0 Å². The highest BCUT2D eigenvalue weighted by Gasteiger charge is 2.60. The van der Waals surface area contributed by atoms with Gasteiger partial charge < -0.3 is 9.84 Å². The lowest BCUT2D eigenvalue weighted by molar-refractivity contribution is -0.112. The van der Waals surface area contributed by atoms with E-state index in [1.54, 1.807) is 0 Å². The van der Waals surface area contributed by atoms with Crippen LogP contribution in [-0.2, 0) is 4.74 Å². The molecule has 1 heterocycles. The van der Waals surface area contributed by atoms with E-state index in [2.05, 4.69) is 41.5 Å². The van der Waals surface area contributed by atoms with Crippen LogP contribution in [0.15, 0.2) is 0 Å². The van der Waals surface area contributed by atoms with Crippen LogP contribution in [0.5, 0.6) is 0 Å². The summed E-state index contributed by atoms with van der Waals surface area (Å²) < 4.78 is 5.22. The maximum Gasteiger partial charge on any atom is 0.195 e. The van der Waals surface area contributed by atoms with Gasteiger partial charge in [-0.2, -0.15) is 0 Å². The molecule has 0 saturated carbocycles. The van der Waals surface area contributed by atoms with E-state index in [1.165, 1.54) is 0 Å². The van der Waals surface area contributed by atoms with Crippen LogP contribution >= 0.6 is 0 Å². The second-order valence-electron chi connectivity index (χ2n) is 6.38. The second kappa shape index (κ2) is 3.21. The number of aliphatic hydroxyl groups is 1. The predicted molar refractivity (Wildman–Crippen MR) is 57.9 cm³/mol. The molecule has 1 aliphatic heterocycles. The van der Waals surface area contributed by atoms with Gasteiger partial charge in [0.15, 0.2) is 5.79 Å². The zero-order valence-electron chi connectivity index (χ0n) is 10.3. The third kappa shape index (κ3) is 2.12. The number of hydrogen-bond acceptors (Lipinski definition) is 2. The fourth-order valence-corrected chi connectivity index (χ4v) is 2.29. The van der Waals surface area contributed by atoms with Gasteiger partial charge in [0.1, 0.15) is 6.61 Å². The number of hydrogen-bond donors (Lipinski definition) is 1. The maximum atomic E-state index is 10.2. The Labute approximate surface area is 87.7 Å². The fourth-order valence-electron chi connectivity index (χ4n) is 2.29. The van der Waals surface area contributed by atoms with Crippen molar-refractivity contribution in [2.75, 3.05) is 6.61 Å². The molecule has 0 bridgehead atoms. The molecule has 0 radical (unpaired) electrons. The average Bonchev–Trinajstić information content (AvgIpc) is 2.65. The molecule has 2 heteroatoms. The van der Waals surface area contributed by atoms with Crippen LogP contribution in [0, 0.1) is 16.7 Å². The minimum absolute atomic E-state index is 0.134. The molecule has 0 spiro atoms. The van der Waals surface area contributed by atoms with E-state index in [4.69, 9.17) is 4.74 Å². The van der Waals surface area contributed by atoms with Gasteiger partial charge in [-0.25, -0.2) is 0 Å². The Kier molecular flexibility index (Phi) is 2.75. The van der Waals surface area contributed by atoms with Crippen LogP contribution < -0.4 is 0 Å². The van der Waals surface area contributed by atoms with E-state index in [0.717, 1.165) is 6.42 Å². The molecular formula is C12H24O2. The number of ether oxygens (including phenoxy) is 1. The smallest absolute Gasteiger partial charge is 0.195 e. The molecule has 1 rings (SSSR count). The van der Waals surface area contributed by atoms with Crippen molar-refractivity contribution in [3.63, 3.8) is 0 Å². The van der Waals surface area contributed by atoms with E-state index < -0.39 is 5.79 Å². The average molecular weight is 200 g/mol. The Morgan fingerprint density at radius 2 is 1.71 bits per heavy atom. The van der Waals surface area contributed by atoms with Crippen LogP contribution in [0.2, 0.25) is 0 Å². The first-order valence-corrected chi connectivity index (χ1v) is 5.47. The normalized spacial score (nSPS) is 31.7.